The van der Waals surface area contributed by atoms with Gasteiger partial charge in [0.2, 0.25) is 17.7 Å². The summed E-state index contributed by atoms with van der Waals surface area (Å²) in [7, 11) is 4.93. The zero-order valence-corrected chi connectivity index (χ0v) is 11.2. The second kappa shape index (κ2) is 6.04. The number of ether oxygens (including phenoxy) is 1. The number of likely N-dealkylation sites (N-methyl/N-ethyl adjacent to an activating group) is 2. The predicted molar refractivity (Wildman–Crippen MR) is 69.6 cm³/mol. The van der Waals surface area contributed by atoms with Gasteiger partial charge in [-0.25, -0.2) is 0 Å². The molecule has 0 saturated carbocycles. The molecule has 0 aliphatic carbocycles. The Hall–Kier alpha value is -2.05. The summed E-state index contributed by atoms with van der Waals surface area (Å²) >= 11 is 0. The van der Waals surface area contributed by atoms with Crippen molar-refractivity contribution in [2.45, 2.75) is 6.92 Å². The van der Waals surface area contributed by atoms with Crippen molar-refractivity contribution < 1.29 is 9.53 Å². The highest BCUT2D eigenvalue weighted by atomic mass is 16.5. The van der Waals surface area contributed by atoms with Crippen LogP contribution >= 0.6 is 0 Å². The Morgan fingerprint density at radius 1 is 1.44 bits per heavy atom. The molecule has 0 radical (unpaired) electrons. The van der Waals surface area contributed by atoms with Crippen molar-refractivity contribution in [3.8, 4) is 5.88 Å². The van der Waals surface area contributed by atoms with Crippen molar-refractivity contribution in [2.75, 3.05) is 44.9 Å². The van der Waals surface area contributed by atoms with E-state index in [2.05, 4.69) is 9.97 Å². The molecule has 0 saturated heterocycles. The summed E-state index contributed by atoms with van der Waals surface area (Å²) in [6, 6.07) is 1.66. The van der Waals surface area contributed by atoms with Crippen LogP contribution in [-0.2, 0) is 4.79 Å². The molecule has 1 aromatic rings. The van der Waals surface area contributed by atoms with Crippen molar-refractivity contribution in [2.24, 2.45) is 0 Å². The second-order valence-electron chi connectivity index (χ2n) is 3.93. The highest BCUT2D eigenvalue weighted by Crippen LogP contribution is 2.18. The minimum absolute atomic E-state index is 0.00648. The van der Waals surface area contributed by atoms with E-state index in [9.17, 15) is 4.79 Å². The first kappa shape index (κ1) is 14.0. The highest BCUT2D eigenvalue weighted by molar-refractivity contribution is 5.80. The van der Waals surface area contributed by atoms with Crippen LogP contribution in [0.4, 0.5) is 11.8 Å². The topological polar surface area (TPSA) is 84.6 Å². The zero-order chi connectivity index (χ0) is 13.7. The first-order valence-electron chi connectivity index (χ1n) is 5.61. The third-order valence-electron chi connectivity index (χ3n) is 2.45. The average molecular weight is 253 g/mol. The van der Waals surface area contributed by atoms with Crippen LogP contribution in [0.15, 0.2) is 6.07 Å². The molecule has 1 aromatic heterocycles. The van der Waals surface area contributed by atoms with Crippen molar-refractivity contribution in [1.29, 1.82) is 0 Å². The van der Waals surface area contributed by atoms with Gasteiger partial charge < -0.3 is 20.3 Å². The van der Waals surface area contributed by atoms with Gasteiger partial charge in [-0.05, 0) is 6.92 Å². The van der Waals surface area contributed by atoms with Crippen LogP contribution in [0.5, 0.6) is 5.88 Å². The summed E-state index contributed by atoms with van der Waals surface area (Å²) in [6.45, 7) is 2.82. The first-order valence-corrected chi connectivity index (χ1v) is 5.61. The molecule has 7 nitrogen and oxygen atoms in total. The van der Waals surface area contributed by atoms with E-state index in [1.54, 1.807) is 20.2 Å². The van der Waals surface area contributed by atoms with Crippen molar-refractivity contribution in [3.63, 3.8) is 0 Å². The van der Waals surface area contributed by atoms with E-state index in [0.29, 0.717) is 18.2 Å². The Morgan fingerprint density at radius 2 is 2.11 bits per heavy atom. The molecule has 0 aliphatic rings. The van der Waals surface area contributed by atoms with Gasteiger partial charge in [-0.2, -0.15) is 9.97 Å². The molecule has 100 valence electrons. The number of methoxy groups -OCH3 is 1. The summed E-state index contributed by atoms with van der Waals surface area (Å²) in [4.78, 5) is 23.1. The van der Waals surface area contributed by atoms with Gasteiger partial charge in [0, 0.05) is 26.7 Å². The fourth-order valence-corrected chi connectivity index (χ4v) is 1.36. The van der Waals surface area contributed by atoms with Gasteiger partial charge in [-0.15, -0.1) is 0 Å². The van der Waals surface area contributed by atoms with Gasteiger partial charge in [-0.1, -0.05) is 0 Å². The van der Waals surface area contributed by atoms with E-state index in [-0.39, 0.29) is 18.4 Å². The second-order valence-corrected chi connectivity index (χ2v) is 3.93. The SMILES string of the molecule is CCN(CC(=O)N(C)C)c1cc(OC)nc(N)n1. The average Bonchev–Trinajstić information content (AvgIpc) is 2.34. The number of nitrogens with two attached hydrogens (primary N) is 1. The summed E-state index contributed by atoms with van der Waals surface area (Å²) in [5.41, 5.74) is 5.59. The van der Waals surface area contributed by atoms with E-state index in [0.717, 1.165) is 0 Å². The van der Waals surface area contributed by atoms with Crippen molar-refractivity contribution in [3.05, 3.63) is 6.07 Å². The van der Waals surface area contributed by atoms with Crippen molar-refractivity contribution >= 4 is 17.7 Å². The fourth-order valence-electron chi connectivity index (χ4n) is 1.36. The summed E-state index contributed by atoms with van der Waals surface area (Å²) in [5, 5.41) is 0. The third-order valence-corrected chi connectivity index (χ3v) is 2.45. The molecule has 18 heavy (non-hydrogen) atoms. The first-order chi connectivity index (χ1) is 8.47. The molecule has 2 N–H and O–H groups in total. The number of carbonyl (C=O) groups is 1. The van der Waals surface area contributed by atoms with E-state index in [1.165, 1.54) is 12.0 Å². The lowest BCUT2D eigenvalue weighted by Crippen LogP contribution is -2.37. The molecule has 0 aliphatic heterocycles. The van der Waals surface area contributed by atoms with Crippen LogP contribution < -0.4 is 15.4 Å². The summed E-state index contributed by atoms with van der Waals surface area (Å²) in [5.74, 6) is 1.08. The van der Waals surface area contributed by atoms with E-state index in [1.807, 2.05) is 11.8 Å². The number of carbonyl (C=O) groups excluding carboxylic acids is 1. The standard InChI is InChI=1S/C11H19N5O2/c1-5-16(7-10(17)15(2)3)8-6-9(18-4)14-11(12)13-8/h6H,5,7H2,1-4H3,(H2,12,13,14). The molecule has 0 fully saturated rings. The van der Waals surface area contributed by atoms with Gasteiger partial charge in [0.15, 0.2) is 0 Å². The number of nitrogen functional groups attached to an aromatic ring is 1. The molecule has 0 spiro atoms. The van der Waals surface area contributed by atoms with E-state index >= 15 is 0 Å². The molecule has 0 unspecified atom stereocenters. The smallest absolute Gasteiger partial charge is 0.241 e. The van der Waals surface area contributed by atoms with E-state index in [4.69, 9.17) is 10.5 Å². The van der Waals surface area contributed by atoms with Gasteiger partial charge in [0.1, 0.15) is 5.82 Å². The third kappa shape index (κ3) is 3.47. The van der Waals surface area contributed by atoms with Crippen molar-refractivity contribution in [1.82, 2.24) is 14.9 Å². The summed E-state index contributed by atoms with van der Waals surface area (Å²) in [6.07, 6.45) is 0. The predicted octanol–water partition coefficient (Wildman–Crippen LogP) is -0.0181. The number of nitrogens with zero attached hydrogens (tertiary/aromatic N) is 4. The molecule has 1 rings (SSSR count). The van der Waals surface area contributed by atoms with Crippen LogP contribution in [0.3, 0.4) is 0 Å². The Balaban J connectivity index is 2.94. The summed E-state index contributed by atoms with van der Waals surface area (Å²) < 4.78 is 5.03. The zero-order valence-electron chi connectivity index (χ0n) is 11.2. The number of rotatable bonds is 5. The molecular weight excluding hydrogens is 234 g/mol. The molecule has 0 bridgehead atoms. The number of anilines is 2. The molecule has 0 aromatic carbocycles. The van der Waals surface area contributed by atoms with Crippen LogP contribution in [0.25, 0.3) is 0 Å². The van der Waals surface area contributed by atoms with Gasteiger partial charge in [-0.3, -0.25) is 4.79 Å². The number of hydrogen-bond donors (Lipinski definition) is 1. The maximum Gasteiger partial charge on any atom is 0.241 e. The van der Waals surface area contributed by atoms with Gasteiger partial charge in [0.05, 0.1) is 13.7 Å². The Labute approximate surface area is 107 Å². The lowest BCUT2D eigenvalue weighted by Gasteiger charge is -2.23. The number of amides is 1. The Kier molecular flexibility index (Phi) is 4.70. The lowest BCUT2D eigenvalue weighted by molar-refractivity contribution is -0.127. The normalized spacial score (nSPS) is 10.0. The molecule has 1 amide bonds. The minimum atomic E-state index is -0.00648. The minimum Gasteiger partial charge on any atom is -0.481 e. The van der Waals surface area contributed by atoms with Crippen LogP contribution in [0.2, 0.25) is 0 Å². The van der Waals surface area contributed by atoms with Gasteiger partial charge in [0.25, 0.3) is 0 Å². The molecule has 1 heterocycles. The van der Waals surface area contributed by atoms with Crippen LogP contribution in [0, 0.1) is 0 Å². The largest absolute Gasteiger partial charge is 0.481 e. The molecular formula is C11H19N5O2. The highest BCUT2D eigenvalue weighted by Gasteiger charge is 2.14. The van der Waals surface area contributed by atoms with Crippen LogP contribution in [0.1, 0.15) is 6.92 Å². The Morgan fingerprint density at radius 3 is 2.61 bits per heavy atom. The van der Waals surface area contributed by atoms with Gasteiger partial charge >= 0.3 is 0 Å². The molecule has 7 heteroatoms. The Bertz CT molecular complexity index is 422. The maximum atomic E-state index is 11.7. The quantitative estimate of drug-likeness (QED) is 0.794. The lowest BCUT2D eigenvalue weighted by atomic mass is 10.4. The number of aromatic nitrogens is 2. The van der Waals surface area contributed by atoms with Crippen LogP contribution in [-0.4, -0.2) is 55.1 Å². The maximum absolute atomic E-state index is 11.7. The monoisotopic (exact) mass is 253 g/mol. The molecule has 0 atom stereocenters. The fraction of sp³-hybridized carbons (Fsp3) is 0.545. The number of hydrogen-bond acceptors (Lipinski definition) is 6. The van der Waals surface area contributed by atoms with E-state index < -0.39 is 0 Å².